The number of hydrogen-bond donors (Lipinski definition) is 3. The van der Waals surface area contributed by atoms with Crippen LogP contribution in [0.25, 0.3) is 0 Å². The zero-order chi connectivity index (χ0) is 29.5. The van der Waals surface area contributed by atoms with Crippen LogP contribution in [0.3, 0.4) is 0 Å². The molecule has 5 rings (SSSR count). The fourth-order valence-electron chi connectivity index (χ4n) is 6.53. The Balaban J connectivity index is 1.40. The van der Waals surface area contributed by atoms with Crippen molar-refractivity contribution >= 4 is 29.3 Å². The quantitative estimate of drug-likeness (QED) is 0.451. The van der Waals surface area contributed by atoms with E-state index in [1.54, 1.807) is 0 Å². The van der Waals surface area contributed by atoms with Gasteiger partial charge in [-0.1, -0.05) is 6.42 Å². The number of benzene rings is 1. The molecule has 224 valence electrons. The summed E-state index contributed by atoms with van der Waals surface area (Å²) in [6.07, 6.45) is -4.44. The van der Waals surface area contributed by atoms with Crippen LogP contribution in [0.1, 0.15) is 58.4 Å². The molecule has 4 N–H and O–H groups in total. The molecule has 5 atom stereocenters. The van der Waals surface area contributed by atoms with Gasteiger partial charge in [0, 0.05) is 44.2 Å². The molecule has 1 saturated carbocycles. The number of halogens is 4. The van der Waals surface area contributed by atoms with Crippen molar-refractivity contribution in [3.63, 3.8) is 0 Å². The maximum Gasteiger partial charge on any atom is 0.418 e. The molecule has 1 aromatic rings. The molecule has 3 saturated heterocycles. The second kappa shape index (κ2) is 11.5. The molecule has 1 aromatic carbocycles. The molecule has 4 amide bonds. The minimum atomic E-state index is -4.91. The van der Waals surface area contributed by atoms with Crippen LogP contribution in [0.15, 0.2) is 12.1 Å². The fraction of sp³-hybridized carbons (Fsp3) is 0.630. The van der Waals surface area contributed by atoms with Gasteiger partial charge < -0.3 is 30.9 Å². The lowest BCUT2D eigenvalue weighted by molar-refractivity contribution is -0.139. The van der Waals surface area contributed by atoms with Gasteiger partial charge in [-0.2, -0.15) is 13.2 Å². The molecule has 4 unspecified atom stereocenters. The number of fused-ring (bicyclic) bond motifs is 1. The van der Waals surface area contributed by atoms with Crippen LogP contribution in [0.5, 0.6) is 0 Å². The van der Waals surface area contributed by atoms with Crippen molar-refractivity contribution in [1.82, 2.24) is 15.5 Å². The summed E-state index contributed by atoms with van der Waals surface area (Å²) in [7, 11) is 0. The highest BCUT2D eigenvalue weighted by molar-refractivity contribution is 6.04. The van der Waals surface area contributed by atoms with Crippen LogP contribution in [0.4, 0.5) is 23.2 Å². The molecule has 4 aliphatic rings. The van der Waals surface area contributed by atoms with E-state index >= 15 is 0 Å². The number of nitrogens with zero attached hydrogens (tertiary/aromatic N) is 2. The highest BCUT2D eigenvalue weighted by Gasteiger charge is 2.47. The van der Waals surface area contributed by atoms with Gasteiger partial charge in [0.2, 0.25) is 17.7 Å². The Morgan fingerprint density at radius 3 is 2.49 bits per heavy atom. The summed E-state index contributed by atoms with van der Waals surface area (Å²) in [4.78, 5) is 53.7. The average Bonchev–Trinajstić information content (AvgIpc) is 3.40. The number of anilines is 1. The summed E-state index contributed by atoms with van der Waals surface area (Å²) in [5.41, 5.74) is 3.04. The number of alkyl halides is 4. The molecule has 4 fully saturated rings. The van der Waals surface area contributed by atoms with Crippen LogP contribution in [0.2, 0.25) is 0 Å². The Labute approximate surface area is 233 Å². The van der Waals surface area contributed by atoms with Crippen LogP contribution >= 0.6 is 0 Å². The zero-order valence-corrected chi connectivity index (χ0v) is 22.3. The summed E-state index contributed by atoms with van der Waals surface area (Å²) in [6, 6.07) is 0.441. The average molecular weight is 584 g/mol. The molecule has 1 aliphatic carbocycles. The smallest absolute Gasteiger partial charge is 0.378 e. The van der Waals surface area contributed by atoms with Gasteiger partial charge in [0.05, 0.1) is 42.0 Å². The number of piperidine rings is 1. The van der Waals surface area contributed by atoms with E-state index in [9.17, 15) is 36.7 Å². The largest absolute Gasteiger partial charge is 0.418 e. The van der Waals surface area contributed by atoms with Crippen molar-refractivity contribution in [3.8, 4) is 0 Å². The van der Waals surface area contributed by atoms with Crippen molar-refractivity contribution in [2.75, 3.05) is 44.3 Å². The Morgan fingerprint density at radius 2 is 1.80 bits per heavy atom. The normalized spacial score (nSPS) is 28.6. The SMILES string of the molecule is NC(=O)c1cc(C(=O)N2CCOCC2)c(N2CC[C@@H](NC(=O)C3CC(=O)NC4C(F)CCCC34)C2)c(C(F)(F)F)c1. The summed E-state index contributed by atoms with van der Waals surface area (Å²) >= 11 is 0. The number of primary amides is 1. The first-order valence-corrected chi connectivity index (χ1v) is 13.8. The lowest BCUT2D eigenvalue weighted by Crippen LogP contribution is -2.59. The first-order valence-electron chi connectivity index (χ1n) is 13.8. The van der Waals surface area contributed by atoms with Gasteiger partial charge >= 0.3 is 6.18 Å². The van der Waals surface area contributed by atoms with Crippen molar-refractivity contribution in [3.05, 3.63) is 28.8 Å². The third kappa shape index (κ3) is 5.97. The van der Waals surface area contributed by atoms with Crippen LogP contribution in [0, 0.1) is 11.8 Å². The Kier molecular flexibility index (Phi) is 8.13. The molecule has 0 radical (unpaired) electrons. The van der Waals surface area contributed by atoms with E-state index in [0.717, 1.165) is 6.07 Å². The van der Waals surface area contributed by atoms with E-state index in [-0.39, 0.29) is 69.4 Å². The maximum atomic E-state index is 14.5. The molecule has 14 heteroatoms. The topological polar surface area (TPSA) is 134 Å². The molecular formula is C27H33F4N5O5. The molecule has 0 bridgehead atoms. The second-order valence-electron chi connectivity index (χ2n) is 11.1. The Bertz CT molecular complexity index is 1220. The molecule has 10 nitrogen and oxygen atoms in total. The molecule has 0 spiro atoms. The predicted octanol–water partition coefficient (Wildman–Crippen LogP) is 1.61. The molecule has 3 aliphatic heterocycles. The molecule has 0 aromatic heterocycles. The third-order valence-corrected chi connectivity index (χ3v) is 8.53. The van der Waals surface area contributed by atoms with Gasteiger partial charge in [0.15, 0.2) is 0 Å². The minimum Gasteiger partial charge on any atom is -0.378 e. The lowest BCUT2D eigenvalue weighted by atomic mass is 9.71. The summed E-state index contributed by atoms with van der Waals surface area (Å²) < 4.78 is 62.8. The number of nitrogens with two attached hydrogens (primary N) is 1. The van der Waals surface area contributed by atoms with Crippen molar-refractivity contribution < 1.29 is 41.5 Å². The van der Waals surface area contributed by atoms with Crippen molar-refractivity contribution in [2.24, 2.45) is 17.6 Å². The second-order valence-corrected chi connectivity index (χ2v) is 11.1. The highest BCUT2D eigenvalue weighted by Crippen LogP contribution is 2.42. The minimum absolute atomic E-state index is 0.0348. The van der Waals surface area contributed by atoms with Crippen LogP contribution < -0.4 is 21.3 Å². The van der Waals surface area contributed by atoms with Gasteiger partial charge in [-0.15, -0.1) is 0 Å². The summed E-state index contributed by atoms with van der Waals surface area (Å²) in [5.74, 6) is -3.70. The van der Waals surface area contributed by atoms with Crippen molar-refractivity contribution in [2.45, 2.75) is 56.5 Å². The van der Waals surface area contributed by atoms with E-state index < -0.39 is 65.1 Å². The van der Waals surface area contributed by atoms with Gasteiger partial charge in [0.25, 0.3) is 5.91 Å². The molecule has 3 heterocycles. The number of nitrogens with one attached hydrogen (secondary N) is 2. The Hall–Kier alpha value is -3.42. The highest BCUT2D eigenvalue weighted by atomic mass is 19.4. The lowest BCUT2D eigenvalue weighted by Gasteiger charge is -2.42. The Morgan fingerprint density at radius 1 is 1.07 bits per heavy atom. The number of carbonyl (C=O) groups is 4. The van der Waals surface area contributed by atoms with Gasteiger partial charge in [-0.05, 0) is 37.3 Å². The number of carbonyl (C=O) groups excluding carboxylic acids is 4. The molecular weight excluding hydrogens is 550 g/mol. The standard InChI is InChI=1S/C27H33F4N5O5/c28-20-3-1-2-16-17(12-21(37)34-22(16)20)25(39)33-15-4-5-36(13-15)23-18(26(40)35-6-8-41-9-7-35)10-14(24(32)38)11-19(23)27(29,30)31/h10-11,15-17,20,22H,1-9,12-13H2,(H2,32,38)(H,33,39)(H,34,37)/t15-,16?,17?,20?,22?/m1/s1. The van der Waals surface area contributed by atoms with E-state index in [4.69, 9.17) is 10.5 Å². The van der Waals surface area contributed by atoms with Gasteiger partial charge in [0.1, 0.15) is 6.17 Å². The van der Waals surface area contributed by atoms with E-state index in [2.05, 4.69) is 10.6 Å². The molecule has 41 heavy (non-hydrogen) atoms. The number of hydrogen-bond acceptors (Lipinski definition) is 6. The van der Waals surface area contributed by atoms with Crippen molar-refractivity contribution in [1.29, 1.82) is 0 Å². The van der Waals surface area contributed by atoms with Gasteiger partial charge in [-0.3, -0.25) is 19.2 Å². The number of amides is 4. The van der Waals surface area contributed by atoms with E-state index in [1.165, 1.54) is 9.80 Å². The first kappa shape index (κ1) is 29.1. The predicted molar refractivity (Wildman–Crippen MR) is 138 cm³/mol. The van der Waals surface area contributed by atoms with E-state index in [0.29, 0.717) is 25.3 Å². The first-order chi connectivity index (χ1) is 19.4. The third-order valence-electron chi connectivity index (χ3n) is 8.53. The summed E-state index contributed by atoms with van der Waals surface area (Å²) in [6.45, 7) is 0.866. The monoisotopic (exact) mass is 583 g/mol. The van der Waals surface area contributed by atoms with Crippen LogP contribution in [-0.2, 0) is 20.5 Å². The zero-order valence-electron chi connectivity index (χ0n) is 22.3. The van der Waals surface area contributed by atoms with Gasteiger partial charge in [-0.25, -0.2) is 4.39 Å². The maximum absolute atomic E-state index is 14.5. The fourth-order valence-corrected chi connectivity index (χ4v) is 6.53. The van der Waals surface area contributed by atoms with E-state index in [1.807, 2.05) is 0 Å². The number of ether oxygens (including phenoxy) is 1. The summed E-state index contributed by atoms with van der Waals surface area (Å²) in [5, 5.41) is 5.53. The number of morpholine rings is 1. The number of rotatable bonds is 5. The van der Waals surface area contributed by atoms with Crippen LogP contribution in [-0.4, -0.2) is 86.2 Å².